The lowest BCUT2D eigenvalue weighted by molar-refractivity contribution is -0.120. The Morgan fingerprint density at radius 3 is 2.33 bits per heavy atom. The molecule has 0 atom stereocenters. The quantitative estimate of drug-likeness (QED) is 0.478. The van der Waals surface area contributed by atoms with Crippen LogP contribution in [0.1, 0.15) is 58.8 Å². The van der Waals surface area contributed by atoms with Crippen LogP contribution in [-0.4, -0.2) is 11.7 Å². The van der Waals surface area contributed by atoms with Crippen molar-refractivity contribution in [3.05, 3.63) is 23.8 Å². The zero-order valence-electron chi connectivity index (χ0n) is 11.6. The van der Waals surface area contributed by atoms with Gasteiger partial charge in [-0.05, 0) is 25.7 Å². The normalized spacial score (nSPS) is 12.0. The first-order valence-corrected chi connectivity index (χ1v) is 6.75. The fourth-order valence-corrected chi connectivity index (χ4v) is 1.66. The molecule has 3 nitrogen and oxygen atoms in total. The van der Waals surface area contributed by atoms with Gasteiger partial charge in [0.25, 0.3) is 0 Å². The Balaban J connectivity index is 3.79. The molecule has 0 aliphatic carbocycles. The third-order valence-corrected chi connectivity index (χ3v) is 2.68. The predicted octanol–water partition coefficient (Wildman–Crippen LogP) is 3.29. The minimum absolute atomic E-state index is 0.225. The maximum atomic E-state index is 11.5. The van der Waals surface area contributed by atoms with Crippen molar-refractivity contribution in [2.24, 2.45) is 5.73 Å². The monoisotopic (exact) mass is 251 g/mol. The van der Waals surface area contributed by atoms with E-state index in [1.807, 2.05) is 12.2 Å². The van der Waals surface area contributed by atoms with Crippen LogP contribution < -0.4 is 5.73 Å². The lowest BCUT2D eigenvalue weighted by Gasteiger charge is -1.98. The molecule has 1 amide bonds. The van der Waals surface area contributed by atoms with E-state index >= 15 is 0 Å². The Morgan fingerprint density at radius 1 is 1.11 bits per heavy atom. The molecule has 0 unspecified atom stereocenters. The third-order valence-electron chi connectivity index (χ3n) is 2.68. The van der Waals surface area contributed by atoms with E-state index in [2.05, 4.69) is 19.9 Å². The summed E-state index contributed by atoms with van der Waals surface area (Å²) in [4.78, 5) is 22.0. The van der Waals surface area contributed by atoms with Crippen LogP contribution in [0.3, 0.4) is 0 Å². The molecule has 0 aromatic heterocycles. The van der Waals surface area contributed by atoms with Crippen LogP contribution in [0.4, 0.5) is 0 Å². The Bertz CT molecular complexity index is 316. The van der Waals surface area contributed by atoms with Gasteiger partial charge < -0.3 is 5.73 Å². The zero-order chi connectivity index (χ0) is 13.8. The van der Waals surface area contributed by atoms with E-state index in [1.54, 1.807) is 0 Å². The molecule has 0 radical (unpaired) electrons. The number of hydrogen-bond donors (Lipinski definition) is 1. The summed E-state index contributed by atoms with van der Waals surface area (Å²) in [5.41, 5.74) is 6.30. The lowest BCUT2D eigenvalue weighted by atomic mass is 10.1. The predicted molar refractivity (Wildman–Crippen MR) is 75.1 cm³/mol. The molecule has 0 aliphatic heterocycles. The van der Waals surface area contributed by atoms with Crippen LogP contribution >= 0.6 is 0 Å². The topological polar surface area (TPSA) is 60.2 Å². The van der Waals surface area contributed by atoms with Crippen molar-refractivity contribution in [2.75, 3.05) is 0 Å². The van der Waals surface area contributed by atoms with Gasteiger partial charge in [-0.25, -0.2) is 0 Å². The van der Waals surface area contributed by atoms with E-state index in [0.29, 0.717) is 25.7 Å². The molecular formula is C15H25NO2. The van der Waals surface area contributed by atoms with E-state index in [9.17, 15) is 9.59 Å². The fraction of sp³-hybridized carbons (Fsp3) is 0.600. The van der Waals surface area contributed by atoms with Gasteiger partial charge in [0, 0.05) is 19.3 Å². The standard InChI is InChI=1S/C15H25NO2/c1-3-8-13(4-2)9-7-11-14(17)10-5-6-12-15(16)18/h7-9H,3-6,10-12H2,1-2H3,(H2,16,18)/b9-7-,13-8-. The second-order valence-electron chi connectivity index (χ2n) is 4.36. The number of unbranched alkanes of at least 4 members (excludes halogenated alkanes) is 1. The molecule has 0 fully saturated rings. The minimum Gasteiger partial charge on any atom is -0.370 e. The highest BCUT2D eigenvalue weighted by molar-refractivity contribution is 5.80. The largest absolute Gasteiger partial charge is 0.370 e. The van der Waals surface area contributed by atoms with E-state index in [0.717, 1.165) is 19.3 Å². The minimum atomic E-state index is -0.292. The average Bonchev–Trinajstić information content (AvgIpc) is 2.33. The highest BCUT2D eigenvalue weighted by Gasteiger charge is 2.00. The van der Waals surface area contributed by atoms with Crippen LogP contribution in [0.25, 0.3) is 0 Å². The second kappa shape index (κ2) is 10.8. The van der Waals surface area contributed by atoms with Gasteiger partial charge in [-0.3, -0.25) is 9.59 Å². The highest BCUT2D eigenvalue weighted by Crippen LogP contribution is 2.07. The first kappa shape index (κ1) is 16.6. The van der Waals surface area contributed by atoms with Crippen molar-refractivity contribution in [3.63, 3.8) is 0 Å². The van der Waals surface area contributed by atoms with Crippen LogP contribution in [0, 0.1) is 0 Å². The Kier molecular flexibility index (Phi) is 9.93. The summed E-state index contributed by atoms with van der Waals surface area (Å²) in [7, 11) is 0. The summed E-state index contributed by atoms with van der Waals surface area (Å²) < 4.78 is 0. The summed E-state index contributed by atoms with van der Waals surface area (Å²) in [6.07, 6.45) is 11.0. The van der Waals surface area contributed by atoms with Crippen molar-refractivity contribution < 1.29 is 9.59 Å². The van der Waals surface area contributed by atoms with Crippen molar-refractivity contribution >= 4 is 11.7 Å². The molecule has 3 heteroatoms. The number of Topliss-reactive ketones (excluding diaryl/α,β-unsaturated/α-hetero) is 1. The van der Waals surface area contributed by atoms with Crippen LogP contribution in [0.2, 0.25) is 0 Å². The molecule has 0 bridgehead atoms. The molecule has 0 aliphatic rings. The van der Waals surface area contributed by atoms with Gasteiger partial charge in [0.15, 0.2) is 0 Å². The third kappa shape index (κ3) is 9.82. The molecular weight excluding hydrogens is 226 g/mol. The maximum Gasteiger partial charge on any atom is 0.217 e. The van der Waals surface area contributed by atoms with Crippen molar-refractivity contribution in [1.29, 1.82) is 0 Å². The molecule has 0 heterocycles. The number of amides is 1. The Hall–Kier alpha value is -1.38. The van der Waals surface area contributed by atoms with Crippen molar-refractivity contribution in [3.8, 4) is 0 Å². The number of nitrogens with two attached hydrogens (primary N) is 1. The number of carbonyl (C=O) groups is 2. The fourth-order valence-electron chi connectivity index (χ4n) is 1.66. The maximum absolute atomic E-state index is 11.5. The Morgan fingerprint density at radius 2 is 1.78 bits per heavy atom. The van der Waals surface area contributed by atoms with E-state index in [-0.39, 0.29) is 11.7 Å². The average molecular weight is 251 g/mol. The van der Waals surface area contributed by atoms with Crippen molar-refractivity contribution in [2.45, 2.75) is 58.8 Å². The van der Waals surface area contributed by atoms with E-state index < -0.39 is 0 Å². The molecule has 0 aromatic rings. The van der Waals surface area contributed by atoms with Crippen LogP contribution in [0.15, 0.2) is 23.8 Å². The first-order valence-electron chi connectivity index (χ1n) is 6.75. The van der Waals surface area contributed by atoms with E-state index in [1.165, 1.54) is 5.57 Å². The smallest absolute Gasteiger partial charge is 0.217 e. The second-order valence-corrected chi connectivity index (χ2v) is 4.36. The summed E-state index contributed by atoms with van der Waals surface area (Å²) >= 11 is 0. The van der Waals surface area contributed by atoms with Gasteiger partial charge in [-0.2, -0.15) is 0 Å². The summed E-state index contributed by atoms with van der Waals surface area (Å²) in [6, 6.07) is 0. The van der Waals surface area contributed by atoms with Crippen molar-refractivity contribution in [1.82, 2.24) is 0 Å². The molecule has 2 N–H and O–H groups in total. The zero-order valence-corrected chi connectivity index (χ0v) is 11.6. The number of hydrogen-bond acceptors (Lipinski definition) is 2. The highest BCUT2D eigenvalue weighted by atomic mass is 16.1. The van der Waals surface area contributed by atoms with Gasteiger partial charge in [0.1, 0.15) is 5.78 Å². The summed E-state index contributed by atoms with van der Waals surface area (Å²) in [5.74, 6) is -0.0673. The molecule has 0 saturated carbocycles. The van der Waals surface area contributed by atoms with Crippen LogP contribution in [0.5, 0.6) is 0 Å². The van der Waals surface area contributed by atoms with Gasteiger partial charge >= 0.3 is 0 Å². The number of ketones is 1. The summed E-state index contributed by atoms with van der Waals surface area (Å²) in [5, 5.41) is 0. The number of primary amides is 1. The van der Waals surface area contributed by atoms with Gasteiger partial charge in [-0.1, -0.05) is 37.6 Å². The van der Waals surface area contributed by atoms with Crippen LogP contribution in [-0.2, 0) is 9.59 Å². The van der Waals surface area contributed by atoms with Gasteiger partial charge in [0.05, 0.1) is 0 Å². The molecule has 0 aromatic carbocycles. The molecule has 18 heavy (non-hydrogen) atoms. The molecule has 0 saturated heterocycles. The number of carbonyl (C=O) groups excluding carboxylic acids is 2. The number of rotatable bonds is 10. The summed E-state index contributed by atoms with van der Waals surface area (Å²) in [6.45, 7) is 4.21. The van der Waals surface area contributed by atoms with E-state index in [4.69, 9.17) is 5.73 Å². The first-order chi connectivity index (χ1) is 8.60. The lowest BCUT2D eigenvalue weighted by Crippen LogP contribution is -2.09. The Labute approximate surface area is 110 Å². The SMILES string of the molecule is CC/C=C(\C=C/CC(=O)CCCCC(N)=O)CC. The molecule has 0 spiro atoms. The molecule has 102 valence electrons. The number of allylic oxidation sites excluding steroid dienone is 4. The molecule has 0 rings (SSSR count). The van der Waals surface area contributed by atoms with Gasteiger partial charge in [0.2, 0.25) is 5.91 Å². The van der Waals surface area contributed by atoms with Gasteiger partial charge in [-0.15, -0.1) is 0 Å².